The minimum atomic E-state index is -4.62. The van der Waals surface area contributed by atoms with E-state index < -0.39 is 26.6 Å². The van der Waals surface area contributed by atoms with Gasteiger partial charge >= 0.3 is 0 Å². The summed E-state index contributed by atoms with van der Waals surface area (Å²) >= 11 is 0. The summed E-state index contributed by atoms with van der Waals surface area (Å²) in [6.07, 6.45) is 56.5. The Morgan fingerprint density at radius 1 is 0.610 bits per heavy atom. The topological polar surface area (TPSA) is 108 Å². The molecular weight excluding hydrogens is 756 g/mol. The van der Waals surface area contributed by atoms with E-state index in [1.165, 1.54) is 83.5 Å². The predicted molar refractivity (Wildman–Crippen MR) is 251 cm³/mol. The van der Waals surface area contributed by atoms with Crippen LogP contribution in [-0.4, -0.2) is 68.5 Å². The van der Waals surface area contributed by atoms with Crippen molar-refractivity contribution in [1.29, 1.82) is 0 Å². The van der Waals surface area contributed by atoms with Gasteiger partial charge in [-0.1, -0.05) is 170 Å². The zero-order valence-electron chi connectivity index (χ0n) is 38.4. The number of unbranched alkanes of at least 4 members (excludes halogenated alkanes) is 16. The zero-order valence-corrected chi connectivity index (χ0v) is 39.3. The first-order valence-electron chi connectivity index (χ1n) is 23.4. The zero-order chi connectivity index (χ0) is 43.6. The Morgan fingerprint density at radius 2 is 1.05 bits per heavy atom. The number of carbonyl (C=O) groups excluding carboxylic acids is 1. The molecule has 0 aliphatic heterocycles. The number of rotatable bonds is 41. The number of nitrogens with one attached hydrogen (secondary N) is 1. The Morgan fingerprint density at radius 3 is 1.58 bits per heavy atom. The van der Waals surface area contributed by atoms with Crippen molar-refractivity contribution >= 4 is 13.7 Å². The average molecular weight is 845 g/mol. The van der Waals surface area contributed by atoms with E-state index in [0.717, 1.165) is 64.2 Å². The number of quaternary nitrogens is 1. The number of aliphatic hydroxyl groups excluding tert-OH is 1. The number of hydrogen-bond donors (Lipinski definition) is 2. The van der Waals surface area contributed by atoms with Crippen LogP contribution in [0.25, 0.3) is 0 Å². The highest BCUT2D eigenvalue weighted by Gasteiger charge is 2.23. The minimum absolute atomic E-state index is 0.0215. The summed E-state index contributed by atoms with van der Waals surface area (Å²) in [5, 5.41) is 13.7. The van der Waals surface area contributed by atoms with E-state index in [4.69, 9.17) is 9.05 Å². The average Bonchev–Trinajstić information content (AvgIpc) is 3.19. The third-order valence-electron chi connectivity index (χ3n) is 9.82. The van der Waals surface area contributed by atoms with Gasteiger partial charge in [-0.05, 0) is 83.5 Å². The number of phosphoric acid groups is 1. The molecule has 0 aromatic rings. The molecule has 0 fully saturated rings. The van der Waals surface area contributed by atoms with E-state index in [2.05, 4.69) is 92.1 Å². The Labute approximate surface area is 363 Å². The molecule has 59 heavy (non-hydrogen) atoms. The summed E-state index contributed by atoms with van der Waals surface area (Å²) in [7, 11) is 1.19. The second-order valence-electron chi connectivity index (χ2n) is 16.7. The number of aliphatic hydroxyl groups is 1. The van der Waals surface area contributed by atoms with Crippen molar-refractivity contribution in [2.45, 2.75) is 187 Å². The van der Waals surface area contributed by atoms with Crippen molar-refractivity contribution in [2.75, 3.05) is 40.9 Å². The van der Waals surface area contributed by atoms with E-state index in [0.29, 0.717) is 17.4 Å². The van der Waals surface area contributed by atoms with Crippen molar-refractivity contribution in [1.82, 2.24) is 5.32 Å². The smallest absolute Gasteiger partial charge is 0.268 e. The Kier molecular flexibility index (Phi) is 39.4. The molecule has 0 radical (unpaired) electrons. The van der Waals surface area contributed by atoms with E-state index in [1.807, 2.05) is 27.2 Å². The van der Waals surface area contributed by atoms with Gasteiger partial charge in [-0.2, -0.15) is 0 Å². The lowest BCUT2D eigenvalue weighted by Crippen LogP contribution is -2.45. The standard InChI is InChI=1S/C50H89N2O6P/c1-6-8-10-12-14-16-18-20-22-23-24-25-26-27-28-30-31-33-35-37-39-41-43-49(53)48(47-58-59(55,56)57-46-45-52(3,4)5)51-50(54)44-42-40-38-36-34-32-29-21-19-17-15-13-11-9-7-2/h9,11,15,17,21,27-29,33-36,41,43,48-49,53H,6-8,10,12-14,16,18-20,22-26,30-32,37-40,42,44-47H2,1-5H3,(H-,51,54,55,56)/b11-9-,17-15-,28-27+,29-21-,35-33+,36-34-,43-41+. The number of hydrogen-bond acceptors (Lipinski definition) is 6. The number of phosphoric ester groups is 1. The fourth-order valence-corrected chi connectivity index (χ4v) is 6.84. The number of allylic oxidation sites excluding steroid dienone is 13. The minimum Gasteiger partial charge on any atom is -0.756 e. The number of nitrogens with zero attached hydrogens (tertiary/aromatic N) is 1. The molecule has 3 atom stereocenters. The molecule has 0 spiro atoms. The van der Waals surface area contributed by atoms with Gasteiger partial charge in [0.05, 0.1) is 39.9 Å². The largest absolute Gasteiger partial charge is 0.756 e. The van der Waals surface area contributed by atoms with Crippen LogP contribution in [0.2, 0.25) is 0 Å². The lowest BCUT2D eigenvalue weighted by atomic mass is 10.0. The van der Waals surface area contributed by atoms with Crippen LogP contribution in [0, 0.1) is 0 Å². The van der Waals surface area contributed by atoms with Gasteiger partial charge in [0.1, 0.15) is 13.2 Å². The molecule has 1 amide bonds. The first-order valence-corrected chi connectivity index (χ1v) is 24.9. The molecule has 3 unspecified atom stereocenters. The maximum Gasteiger partial charge on any atom is 0.268 e. The maximum atomic E-state index is 12.8. The van der Waals surface area contributed by atoms with Crippen molar-refractivity contribution < 1.29 is 32.9 Å². The molecule has 0 aromatic heterocycles. The quantitative estimate of drug-likeness (QED) is 0.0275. The highest BCUT2D eigenvalue weighted by atomic mass is 31.2. The Bertz CT molecular complexity index is 1230. The van der Waals surface area contributed by atoms with Crippen molar-refractivity contribution in [3.63, 3.8) is 0 Å². The number of carbonyl (C=O) groups is 1. The molecule has 9 heteroatoms. The monoisotopic (exact) mass is 845 g/mol. The highest BCUT2D eigenvalue weighted by molar-refractivity contribution is 7.45. The van der Waals surface area contributed by atoms with Gasteiger partial charge in [-0.15, -0.1) is 0 Å². The van der Waals surface area contributed by atoms with Gasteiger partial charge in [0.2, 0.25) is 5.91 Å². The molecule has 0 saturated heterocycles. The first kappa shape index (κ1) is 56.7. The fraction of sp³-hybridized carbons (Fsp3) is 0.700. The molecule has 0 aromatic carbocycles. The van der Waals surface area contributed by atoms with Gasteiger partial charge in [-0.25, -0.2) is 0 Å². The lowest BCUT2D eigenvalue weighted by Gasteiger charge is -2.29. The van der Waals surface area contributed by atoms with Crippen molar-refractivity contribution in [3.8, 4) is 0 Å². The Hall–Kier alpha value is -2.32. The van der Waals surface area contributed by atoms with Gasteiger partial charge in [0, 0.05) is 6.42 Å². The van der Waals surface area contributed by atoms with E-state index >= 15 is 0 Å². The molecule has 0 aliphatic carbocycles. The molecule has 0 aliphatic rings. The van der Waals surface area contributed by atoms with Crippen LogP contribution in [0.3, 0.4) is 0 Å². The van der Waals surface area contributed by atoms with E-state index in [9.17, 15) is 19.4 Å². The van der Waals surface area contributed by atoms with Gasteiger partial charge < -0.3 is 28.8 Å². The molecule has 340 valence electrons. The second-order valence-corrected chi connectivity index (χ2v) is 18.1. The fourth-order valence-electron chi connectivity index (χ4n) is 6.11. The summed E-state index contributed by atoms with van der Waals surface area (Å²) in [6.45, 7) is 4.45. The maximum absolute atomic E-state index is 12.8. The van der Waals surface area contributed by atoms with Crippen LogP contribution in [0.1, 0.15) is 174 Å². The van der Waals surface area contributed by atoms with E-state index in [-0.39, 0.29) is 18.9 Å². The summed E-state index contributed by atoms with van der Waals surface area (Å²) < 4.78 is 23.2. The molecule has 0 rings (SSSR count). The molecular formula is C50H89N2O6P. The van der Waals surface area contributed by atoms with Crippen molar-refractivity contribution in [2.24, 2.45) is 0 Å². The molecule has 2 N–H and O–H groups in total. The number of likely N-dealkylation sites (N-methyl/N-ethyl adjacent to an activating group) is 1. The van der Waals surface area contributed by atoms with Crippen LogP contribution in [0.4, 0.5) is 0 Å². The van der Waals surface area contributed by atoms with Crippen LogP contribution in [0.5, 0.6) is 0 Å². The second kappa shape index (κ2) is 41.1. The van der Waals surface area contributed by atoms with Gasteiger partial charge in [0.25, 0.3) is 7.82 Å². The SMILES string of the molecule is CC/C=C\C/C=C\C/C=C\C/C=C\CCCCC(=O)NC(COP(=O)([O-])OCC[N+](C)(C)C)C(O)/C=C/CC/C=C/CC/C=C/CCCCCCCCCCCCCC. The van der Waals surface area contributed by atoms with Crippen LogP contribution >= 0.6 is 7.82 Å². The molecule has 8 nitrogen and oxygen atoms in total. The van der Waals surface area contributed by atoms with Crippen LogP contribution < -0.4 is 10.2 Å². The summed E-state index contributed by atoms with van der Waals surface area (Å²) in [5.41, 5.74) is 0. The summed E-state index contributed by atoms with van der Waals surface area (Å²) in [6, 6.07) is -0.936. The third-order valence-corrected chi connectivity index (χ3v) is 10.8. The molecule has 0 bridgehead atoms. The number of amides is 1. The van der Waals surface area contributed by atoms with Crippen LogP contribution in [-0.2, 0) is 18.4 Å². The first-order chi connectivity index (χ1) is 28.5. The summed E-state index contributed by atoms with van der Waals surface area (Å²) in [4.78, 5) is 25.3. The van der Waals surface area contributed by atoms with Crippen molar-refractivity contribution in [3.05, 3.63) is 85.1 Å². The predicted octanol–water partition coefficient (Wildman–Crippen LogP) is 12.7. The van der Waals surface area contributed by atoms with E-state index in [1.54, 1.807) is 6.08 Å². The summed E-state index contributed by atoms with van der Waals surface area (Å²) in [5.74, 6) is -0.256. The highest BCUT2D eigenvalue weighted by Crippen LogP contribution is 2.38. The lowest BCUT2D eigenvalue weighted by molar-refractivity contribution is -0.870. The van der Waals surface area contributed by atoms with Gasteiger partial charge in [0.15, 0.2) is 0 Å². The normalized spacial score (nSPS) is 15.0. The third kappa shape index (κ3) is 43.6. The van der Waals surface area contributed by atoms with Gasteiger partial charge in [-0.3, -0.25) is 9.36 Å². The van der Waals surface area contributed by atoms with Crippen LogP contribution in [0.15, 0.2) is 85.1 Å². The molecule has 0 saturated carbocycles. The molecule has 0 heterocycles. The Balaban J connectivity index is 4.52.